The van der Waals surface area contributed by atoms with E-state index in [9.17, 15) is 0 Å². The van der Waals surface area contributed by atoms with Crippen LogP contribution in [0.4, 0.5) is 0 Å². The minimum atomic E-state index is 0.549. The zero-order valence-electron chi connectivity index (χ0n) is 12.5. The van der Waals surface area contributed by atoms with E-state index in [1.165, 1.54) is 16.6 Å². The number of para-hydroxylation sites is 1. The fourth-order valence-electron chi connectivity index (χ4n) is 2.43. The van der Waals surface area contributed by atoms with Gasteiger partial charge in [0.15, 0.2) is 0 Å². The van der Waals surface area contributed by atoms with Gasteiger partial charge in [-0.05, 0) is 31.9 Å². The van der Waals surface area contributed by atoms with E-state index in [0.29, 0.717) is 12.0 Å². The molecule has 0 saturated carbocycles. The second-order valence-electron chi connectivity index (χ2n) is 5.65. The van der Waals surface area contributed by atoms with Gasteiger partial charge in [0.25, 0.3) is 0 Å². The molecule has 0 spiro atoms. The Bertz CT molecular complexity index is 528. The molecule has 2 rings (SSSR count). The second-order valence-corrected chi connectivity index (χ2v) is 5.65. The van der Waals surface area contributed by atoms with Crippen LogP contribution in [0.3, 0.4) is 0 Å². The highest BCUT2D eigenvalue weighted by Gasteiger charge is 2.12. The number of rotatable bonds is 6. The average molecular weight is 259 g/mol. The van der Waals surface area contributed by atoms with E-state index in [0.717, 1.165) is 19.5 Å². The molecule has 2 aromatic rings. The Kier molecular flexibility index (Phi) is 4.59. The van der Waals surface area contributed by atoms with E-state index >= 15 is 0 Å². The molecule has 0 radical (unpaired) electrons. The van der Waals surface area contributed by atoms with E-state index < -0.39 is 0 Å². The molecule has 0 amide bonds. The van der Waals surface area contributed by atoms with Crippen LogP contribution in [-0.2, 0) is 13.0 Å². The molecule has 1 aromatic carbocycles. The standard InChI is InChI=1S/C16H25N3/c1-5-19-16-9-7-6-8-14(16)15(18-19)10-13(4)11-17-12(2)3/h6-9,12-13,17H,5,10-11H2,1-4H3. The van der Waals surface area contributed by atoms with E-state index in [2.05, 4.69) is 62.0 Å². The number of hydrogen-bond acceptors (Lipinski definition) is 2. The molecule has 1 atom stereocenters. The lowest BCUT2D eigenvalue weighted by molar-refractivity contribution is 0.470. The molecule has 0 saturated heterocycles. The lowest BCUT2D eigenvalue weighted by Gasteiger charge is -2.13. The van der Waals surface area contributed by atoms with Gasteiger partial charge in [-0.1, -0.05) is 39.0 Å². The number of hydrogen-bond donors (Lipinski definition) is 1. The lowest BCUT2D eigenvalue weighted by atomic mass is 10.0. The van der Waals surface area contributed by atoms with E-state index in [-0.39, 0.29) is 0 Å². The summed E-state index contributed by atoms with van der Waals surface area (Å²) in [7, 11) is 0. The molecule has 3 nitrogen and oxygen atoms in total. The normalized spacial score (nSPS) is 13.3. The van der Waals surface area contributed by atoms with Gasteiger partial charge in [-0.15, -0.1) is 0 Å². The third-order valence-corrected chi connectivity index (χ3v) is 3.45. The highest BCUT2D eigenvalue weighted by atomic mass is 15.3. The zero-order valence-corrected chi connectivity index (χ0v) is 12.5. The van der Waals surface area contributed by atoms with Gasteiger partial charge < -0.3 is 5.32 Å². The molecule has 0 bridgehead atoms. The number of benzene rings is 1. The van der Waals surface area contributed by atoms with Gasteiger partial charge in [-0.3, -0.25) is 4.68 Å². The van der Waals surface area contributed by atoms with Crippen molar-refractivity contribution in [2.75, 3.05) is 6.54 Å². The summed E-state index contributed by atoms with van der Waals surface area (Å²) in [6.45, 7) is 10.8. The Balaban J connectivity index is 2.16. The van der Waals surface area contributed by atoms with Crippen LogP contribution in [0, 0.1) is 5.92 Å². The van der Waals surface area contributed by atoms with Crippen LogP contribution in [0.25, 0.3) is 10.9 Å². The fourth-order valence-corrected chi connectivity index (χ4v) is 2.43. The minimum absolute atomic E-state index is 0.549. The lowest BCUT2D eigenvalue weighted by Crippen LogP contribution is -2.28. The average Bonchev–Trinajstić information content (AvgIpc) is 2.75. The number of nitrogens with one attached hydrogen (secondary N) is 1. The smallest absolute Gasteiger partial charge is 0.0706 e. The van der Waals surface area contributed by atoms with E-state index in [1.807, 2.05) is 0 Å². The van der Waals surface area contributed by atoms with Gasteiger partial charge in [0.1, 0.15) is 0 Å². The topological polar surface area (TPSA) is 29.9 Å². The van der Waals surface area contributed by atoms with Crippen molar-refractivity contribution >= 4 is 10.9 Å². The summed E-state index contributed by atoms with van der Waals surface area (Å²) < 4.78 is 2.10. The predicted octanol–water partition coefficient (Wildman–Crippen LogP) is 3.23. The number of aryl methyl sites for hydroxylation is 1. The van der Waals surface area contributed by atoms with Crippen LogP contribution >= 0.6 is 0 Å². The van der Waals surface area contributed by atoms with E-state index in [4.69, 9.17) is 5.10 Å². The van der Waals surface area contributed by atoms with Crippen molar-refractivity contribution in [3.63, 3.8) is 0 Å². The molecule has 0 fully saturated rings. The van der Waals surface area contributed by atoms with Crippen molar-refractivity contribution in [2.45, 2.75) is 46.7 Å². The van der Waals surface area contributed by atoms with Crippen molar-refractivity contribution < 1.29 is 0 Å². The largest absolute Gasteiger partial charge is 0.314 e. The summed E-state index contributed by atoms with van der Waals surface area (Å²) in [5.74, 6) is 0.603. The van der Waals surface area contributed by atoms with Crippen molar-refractivity contribution in [2.24, 2.45) is 5.92 Å². The summed E-state index contributed by atoms with van der Waals surface area (Å²) in [4.78, 5) is 0. The zero-order chi connectivity index (χ0) is 13.8. The van der Waals surface area contributed by atoms with Crippen LogP contribution in [0.2, 0.25) is 0 Å². The Morgan fingerprint density at radius 2 is 1.95 bits per heavy atom. The van der Waals surface area contributed by atoms with E-state index in [1.54, 1.807) is 0 Å². The fraction of sp³-hybridized carbons (Fsp3) is 0.562. The number of nitrogens with zero attached hydrogens (tertiary/aromatic N) is 2. The number of aromatic nitrogens is 2. The van der Waals surface area contributed by atoms with Gasteiger partial charge in [-0.25, -0.2) is 0 Å². The minimum Gasteiger partial charge on any atom is -0.314 e. The molecular formula is C16H25N3. The SMILES string of the molecule is CCn1nc(CC(C)CNC(C)C)c2ccccc21. The molecule has 19 heavy (non-hydrogen) atoms. The Labute approximate surface area is 116 Å². The first kappa shape index (κ1) is 14.1. The van der Waals surface area contributed by atoms with Crippen LogP contribution in [0.1, 0.15) is 33.4 Å². The first-order valence-corrected chi connectivity index (χ1v) is 7.29. The van der Waals surface area contributed by atoms with Gasteiger partial charge in [0.05, 0.1) is 11.2 Å². The molecule has 0 aliphatic rings. The molecule has 0 aliphatic heterocycles. The second kappa shape index (κ2) is 6.20. The third kappa shape index (κ3) is 3.35. The number of fused-ring (bicyclic) bond motifs is 1. The van der Waals surface area contributed by atoms with Crippen molar-refractivity contribution in [1.29, 1.82) is 0 Å². The summed E-state index contributed by atoms with van der Waals surface area (Å²) in [5.41, 5.74) is 2.49. The van der Waals surface area contributed by atoms with Crippen LogP contribution < -0.4 is 5.32 Å². The van der Waals surface area contributed by atoms with Gasteiger partial charge in [0, 0.05) is 18.0 Å². The maximum absolute atomic E-state index is 4.76. The molecule has 1 aromatic heterocycles. The maximum atomic E-state index is 4.76. The maximum Gasteiger partial charge on any atom is 0.0706 e. The monoisotopic (exact) mass is 259 g/mol. The molecular weight excluding hydrogens is 234 g/mol. The summed E-state index contributed by atoms with van der Waals surface area (Å²) in [6, 6.07) is 9.08. The first-order chi connectivity index (χ1) is 9.11. The van der Waals surface area contributed by atoms with Gasteiger partial charge in [-0.2, -0.15) is 5.10 Å². The molecule has 1 heterocycles. The molecule has 1 unspecified atom stereocenters. The highest BCUT2D eigenvalue weighted by molar-refractivity contribution is 5.81. The van der Waals surface area contributed by atoms with Gasteiger partial charge >= 0.3 is 0 Å². The Hall–Kier alpha value is -1.35. The Morgan fingerprint density at radius 3 is 2.63 bits per heavy atom. The third-order valence-electron chi connectivity index (χ3n) is 3.45. The molecule has 1 N–H and O–H groups in total. The summed E-state index contributed by atoms with van der Waals surface area (Å²) in [5, 5.41) is 9.57. The van der Waals surface area contributed by atoms with Crippen LogP contribution in [-0.4, -0.2) is 22.4 Å². The quantitative estimate of drug-likeness (QED) is 0.863. The first-order valence-electron chi connectivity index (χ1n) is 7.29. The van der Waals surface area contributed by atoms with Crippen LogP contribution in [0.15, 0.2) is 24.3 Å². The molecule has 0 aliphatic carbocycles. The van der Waals surface area contributed by atoms with Crippen molar-refractivity contribution in [3.05, 3.63) is 30.0 Å². The predicted molar refractivity (Wildman–Crippen MR) is 81.4 cm³/mol. The Morgan fingerprint density at radius 1 is 1.21 bits per heavy atom. The molecule has 3 heteroatoms. The van der Waals surface area contributed by atoms with Gasteiger partial charge in [0.2, 0.25) is 0 Å². The summed E-state index contributed by atoms with van der Waals surface area (Å²) >= 11 is 0. The van der Waals surface area contributed by atoms with Crippen molar-refractivity contribution in [1.82, 2.24) is 15.1 Å². The van der Waals surface area contributed by atoms with Crippen molar-refractivity contribution in [3.8, 4) is 0 Å². The highest BCUT2D eigenvalue weighted by Crippen LogP contribution is 2.20. The van der Waals surface area contributed by atoms with Crippen LogP contribution in [0.5, 0.6) is 0 Å². The molecule has 104 valence electrons. The summed E-state index contributed by atoms with van der Waals surface area (Å²) in [6.07, 6.45) is 1.03.